The molecule has 5 N–H and O–H groups in total. The Morgan fingerprint density at radius 1 is 1.07 bits per heavy atom. The zero-order chi connectivity index (χ0) is 21.7. The van der Waals surface area contributed by atoms with Crippen LogP contribution in [0.15, 0.2) is 12.2 Å². The smallest absolute Gasteiger partial charge is 0.303 e. The van der Waals surface area contributed by atoms with Gasteiger partial charge in [-0.1, -0.05) is 70.4 Å². The van der Waals surface area contributed by atoms with Crippen molar-refractivity contribution in [2.45, 2.75) is 108 Å². The van der Waals surface area contributed by atoms with Gasteiger partial charge in [0.2, 0.25) is 6.41 Å². The van der Waals surface area contributed by atoms with Crippen molar-refractivity contribution in [3.8, 4) is 0 Å². The molecule has 0 heterocycles. The van der Waals surface area contributed by atoms with Crippen LogP contribution in [0.2, 0.25) is 0 Å². The Morgan fingerprint density at radius 3 is 2.28 bits per heavy atom. The van der Waals surface area contributed by atoms with Gasteiger partial charge >= 0.3 is 5.97 Å². The van der Waals surface area contributed by atoms with Gasteiger partial charge in [0.1, 0.15) is 0 Å². The Balaban J connectivity index is 4.15. The summed E-state index contributed by atoms with van der Waals surface area (Å²) in [6, 6.07) is 0. The lowest BCUT2D eigenvalue weighted by molar-refractivity contribution is -0.137. The van der Waals surface area contributed by atoms with E-state index in [1.165, 1.54) is 63.1 Å². The highest BCUT2D eigenvalue weighted by Crippen LogP contribution is 2.21. The molecule has 0 saturated heterocycles. The van der Waals surface area contributed by atoms with Crippen molar-refractivity contribution in [3.63, 3.8) is 0 Å². The minimum absolute atomic E-state index is 0.0583. The second kappa shape index (κ2) is 20.2. The first-order valence-electron chi connectivity index (χ1n) is 11.1. The standard InChI is InChI=1S/C22H42N2O4S/c1-2-3-4-5-6-7-8-9-10-11-12-15-20(29-17-21(23)24-18-25)19(26)14-13-16-22(27)28/h12,15,18-21,26H,2-11,13-14,16-17,23H2,1H3,(H,24,25)(H,27,28)/b15-12-/t19-,20+,21-/m0/s1. The summed E-state index contributed by atoms with van der Waals surface area (Å²) in [4.78, 5) is 21.1. The quantitative estimate of drug-likeness (QED) is 0.0939. The molecule has 7 heteroatoms. The van der Waals surface area contributed by atoms with Crippen molar-refractivity contribution >= 4 is 24.1 Å². The third-order valence-electron chi connectivity index (χ3n) is 4.82. The fourth-order valence-electron chi connectivity index (χ4n) is 3.08. The van der Waals surface area contributed by atoms with Crippen molar-refractivity contribution in [1.29, 1.82) is 0 Å². The maximum Gasteiger partial charge on any atom is 0.303 e. The molecule has 0 aromatic heterocycles. The fraction of sp³-hybridized carbons (Fsp3) is 0.818. The number of rotatable bonds is 21. The predicted octanol–water partition coefficient (Wildman–Crippen LogP) is 4.21. The predicted molar refractivity (Wildman–Crippen MR) is 122 cm³/mol. The summed E-state index contributed by atoms with van der Waals surface area (Å²) >= 11 is 1.49. The van der Waals surface area contributed by atoms with E-state index in [9.17, 15) is 14.7 Å². The molecular weight excluding hydrogens is 388 g/mol. The van der Waals surface area contributed by atoms with Crippen molar-refractivity contribution in [2.24, 2.45) is 5.73 Å². The molecule has 0 aliphatic heterocycles. The van der Waals surface area contributed by atoms with E-state index in [2.05, 4.69) is 18.3 Å². The number of carboxylic acids is 1. The van der Waals surface area contributed by atoms with Crippen molar-refractivity contribution in [3.05, 3.63) is 12.2 Å². The molecule has 0 aliphatic carbocycles. The number of aliphatic hydroxyl groups is 1. The van der Waals surface area contributed by atoms with E-state index in [1.807, 2.05) is 6.08 Å². The van der Waals surface area contributed by atoms with Crippen LogP contribution in [0.25, 0.3) is 0 Å². The fourth-order valence-corrected chi connectivity index (χ4v) is 4.18. The number of thioether (sulfide) groups is 1. The number of hydrogen-bond donors (Lipinski definition) is 4. The number of hydrogen-bond acceptors (Lipinski definition) is 5. The van der Waals surface area contributed by atoms with Crippen LogP contribution in [-0.4, -0.2) is 45.9 Å². The number of aliphatic carboxylic acids is 1. The topological polar surface area (TPSA) is 113 Å². The summed E-state index contributed by atoms with van der Waals surface area (Å²) in [5.74, 6) is -0.360. The van der Waals surface area contributed by atoms with Crippen LogP contribution in [0.4, 0.5) is 0 Å². The molecule has 170 valence electrons. The molecule has 29 heavy (non-hydrogen) atoms. The lowest BCUT2D eigenvalue weighted by atomic mass is 10.1. The van der Waals surface area contributed by atoms with E-state index < -0.39 is 18.2 Å². The SMILES string of the molecule is CCCCCCCCCCC/C=C\[C@@H](SC[C@@H](N)NC=O)[C@@H](O)CCCC(=O)O. The first-order chi connectivity index (χ1) is 14.0. The molecule has 0 saturated carbocycles. The number of amides is 1. The highest BCUT2D eigenvalue weighted by Gasteiger charge is 2.18. The van der Waals surface area contributed by atoms with Crippen molar-refractivity contribution in [1.82, 2.24) is 5.32 Å². The summed E-state index contributed by atoms with van der Waals surface area (Å²) in [6.45, 7) is 2.24. The minimum Gasteiger partial charge on any atom is -0.481 e. The number of carbonyl (C=O) groups excluding carboxylic acids is 1. The van der Waals surface area contributed by atoms with E-state index in [0.717, 1.165) is 12.8 Å². The van der Waals surface area contributed by atoms with Gasteiger partial charge in [-0.2, -0.15) is 0 Å². The summed E-state index contributed by atoms with van der Waals surface area (Å²) in [7, 11) is 0. The minimum atomic E-state index is -0.848. The van der Waals surface area contributed by atoms with Crippen LogP contribution < -0.4 is 11.1 Å². The highest BCUT2D eigenvalue weighted by atomic mass is 32.2. The van der Waals surface area contributed by atoms with Gasteiger partial charge in [-0.25, -0.2) is 0 Å². The van der Waals surface area contributed by atoms with E-state index in [1.54, 1.807) is 0 Å². The van der Waals surface area contributed by atoms with Gasteiger partial charge in [-0.05, 0) is 25.7 Å². The molecular formula is C22H42N2O4S. The lowest BCUT2D eigenvalue weighted by Crippen LogP contribution is -2.39. The number of allylic oxidation sites excluding steroid dienone is 1. The van der Waals surface area contributed by atoms with E-state index >= 15 is 0 Å². The van der Waals surface area contributed by atoms with E-state index in [0.29, 0.717) is 25.0 Å². The summed E-state index contributed by atoms with van der Waals surface area (Å²) in [6.07, 6.45) is 17.2. The Hall–Kier alpha value is -1.05. The molecule has 0 aromatic carbocycles. The van der Waals surface area contributed by atoms with Crippen molar-refractivity contribution in [2.75, 3.05) is 5.75 Å². The van der Waals surface area contributed by atoms with Gasteiger partial charge in [-0.3, -0.25) is 9.59 Å². The first-order valence-corrected chi connectivity index (χ1v) is 12.2. The lowest BCUT2D eigenvalue weighted by Gasteiger charge is -2.21. The van der Waals surface area contributed by atoms with Crippen LogP contribution >= 0.6 is 11.8 Å². The molecule has 0 fully saturated rings. The number of nitrogens with one attached hydrogen (secondary N) is 1. The van der Waals surface area contributed by atoms with Crippen LogP contribution in [0.1, 0.15) is 90.4 Å². The average Bonchev–Trinajstić information content (AvgIpc) is 2.68. The maximum atomic E-state index is 10.7. The Bertz CT molecular complexity index is 435. The Morgan fingerprint density at radius 2 is 1.69 bits per heavy atom. The van der Waals surface area contributed by atoms with Gasteiger partial charge in [0.15, 0.2) is 0 Å². The van der Waals surface area contributed by atoms with Gasteiger partial charge in [-0.15, -0.1) is 11.8 Å². The molecule has 0 radical (unpaired) electrons. The zero-order valence-electron chi connectivity index (χ0n) is 18.1. The molecule has 3 atom stereocenters. The first kappa shape index (κ1) is 27.9. The number of carbonyl (C=O) groups is 2. The summed E-state index contributed by atoms with van der Waals surface area (Å²) in [5.41, 5.74) is 5.79. The van der Waals surface area contributed by atoms with Crippen LogP contribution in [0, 0.1) is 0 Å². The second-order valence-corrected chi connectivity index (χ2v) is 8.80. The molecule has 0 unspecified atom stereocenters. The molecule has 0 spiro atoms. The van der Waals surface area contributed by atoms with Gasteiger partial charge < -0.3 is 21.3 Å². The number of unbranched alkanes of at least 4 members (excludes halogenated alkanes) is 9. The average molecular weight is 431 g/mol. The zero-order valence-corrected chi connectivity index (χ0v) is 18.9. The number of aliphatic hydroxyl groups excluding tert-OH is 1. The Kier molecular flexibility index (Phi) is 19.5. The van der Waals surface area contributed by atoms with E-state index in [-0.39, 0.29) is 11.7 Å². The molecule has 0 aliphatic rings. The van der Waals surface area contributed by atoms with Crippen LogP contribution in [0.5, 0.6) is 0 Å². The molecule has 0 rings (SSSR count). The summed E-state index contributed by atoms with van der Waals surface area (Å²) in [5, 5.41) is 21.5. The second-order valence-electron chi connectivity index (χ2n) is 7.59. The van der Waals surface area contributed by atoms with Gasteiger partial charge in [0.05, 0.1) is 12.3 Å². The third-order valence-corrected chi connectivity index (χ3v) is 6.23. The normalized spacial score (nSPS) is 14.6. The maximum absolute atomic E-state index is 10.7. The molecule has 6 nitrogen and oxygen atoms in total. The van der Waals surface area contributed by atoms with Crippen LogP contribution in [-0.2, 0) is 9.59 Å². The molecule has 0 aromatic rings. The van der Waals surface area contributed by atoms with E-state index in [4.69, 9.17) is 10.8 Å². The number of carboxylic acid groups (broad SMARTS) is 1. The van der Waals surface area contributed by atoms with Gasteiger partial charge in [0.25, 0.3) is 0 Å². The Labute approximate surface area is 181 Å². The summed E-state index contributed by atoms with van der Waals surface area (Å²) < 4.78 is 0. The third kappa shape index (κ3) is 18.7. The monoisotopic (exact) mass is 430 g/mol. The largest absolute Gasteiger partial charge is 0.481 e. The molecule has 0 bridgehead atoms. The van der Waals surface area contributed by atoms with Crippen LogP contribution in [0.3, 0.4) is 0 Å². The number of nitrogens with two attached hydrogens (primary N) is 1. The highest BCUT2D eigenvalue weighted by molar-refractivity contribution is 8.00. The molecule has 1 amide bonds. The van der Waals surface area contributed by atoms with Gasteiger partial charge in [0, 0.05) is 17.4 Å². The van der Waals surface area contributed by atoms with Crippen molar-refractivity contribution < 1.29 is 19.8 Å².